The van der Waals surface area contributed by atoms with Crippen LogP contribution in [0.1, 0.15) is 15.9 Å². The Balaban J connectivity index is 2.61. The average Bonchev–Trinajstić information content (AvgIpc) is 2.44. The molecule has 0 saturated heterocycles. The quantitative estimate of drug-likeness (QED) is 0.589. The van der Waals surface area contributed by atoms with Crippen molar-refractivity contribution in [2.45, 2.75) is 0 Å². The summed E-state index contributed by atoms with van der Waals surface area (Å²) in [5, 5.41) is -0.230. The summed E-state index contributed by atoms with van der Waals surface area (Å²) in [6.45, 7) is 0. The number of hydrogen-bond acceptors (Lipinski definition) is 2. The van der Waals surface area contributed by atoms with Crippen molar-refractivity contribution in [1.82, 2.24) is 0 Å². The van der Waals surface area contributed by atoms with Gasteiger partial charge in [0.1, 0.15) is 17.1 Å². The van der Waals surface area contributed by atoms with Gasteiger partial charge >= 0.3 is 0 Å². The van der Waals surface area contributed by atoms with E-state index >= 15 is 0 Å². The van der Waals surface area contributed by atoms with Crippen LogP contribution in [0.4, 0.5) is 8.78 Å². The minimum absolute atomic E-state index is 0.0356. The molecule has 0 amide bonds. The van der Waals surface area contributed by atoms with Crippen LogP contribution in [0.15, 0.2) is 34.8 Å². The van der Waals surface area contributed by atoms with Crippen LogP contribution in [0.2, 0.25) is 5.02 Å². The van der Waals surface area contributed by atoms with Crippen molar-refractivity contribution in [1.29, 1.82) is 0 Å². The molecule has 2 nitrogen and oxygen atoms in total. The molecule has 0 saturated carbocycles. The maximum atomic E-state index is 14.0. The standard InChI is InChI=1S/C14H8BrClF2O2/c1-20-10-4-2-3-9(17)11(10)14(19)7-5-6-8(15)12(16)13(7)18/h2-6H,1H3. The average molecular weight is 362 g/mol. The van der Waals surface area contributed by atoms with E-state index in [1.807, 2.05) is 0 Å². The first-order valence-corrected chi connectivity index (χ1v) is 6.65. The monoisotopic (exact) mass is 360 g/mol. The Morgan fingerprint density at radius 1 is 1.25 bits per heavy atom. The Morgan fingerprint density at radius 2 is 1.95 bits per heavy atom. The van der Waals surface area contributed by atoms with E-state index < -0.39 is 17.4 Å². The van der Waals surface area contributed by atoms with E-state index in [9.17, 15) is 13.6 Å². The van der Waals surface area contributed by atoms with E-state index in [0.29, 0.717) is 4.47 Å². The van der Waals surface area contributed by atoms with Gasteiger partial charge in [0.2, 0.25) is 5.78 Å². The molecular formula is C14H8BrClF2O2. The molecule has 0 N–H and O–H groups in total. The van der Waals surface area contributed by atoms with E-state index in [1.54, 1.807) is 0 Å². The number of methoxy groups -OCH3 is 1. The molecule has 0 radical (unpaired) electrons. The maximum Gasteiger partial charge on any atom is 0.202 e. The normalized spacial score (nSPS) is 10.4. The lowest BCUT2D eigenvalue weighted by Crippen LogP contribution is -2.09. The van der Waals surface area contributed by atoms with Gasteiger partial charge in [-0.3, -0.25) is 4.79 Å². The molecule has 0 aliphatic heterocycles. The Hall–Kier alpha value is -1.46. The summed E-state index contributed by atoms with van der Waals surface area (Å²) >= 11 is 8.77. The number of carbonyl (C=O) groups is 1. The molecule has 0 aliphatic carbocycles. The molecule has 0 atom stereocenters. The topological polar surface area (TPSA) is 26.3 Å². The van der Waals surface area contributed by atoms with Gasteiger partial charge in [0.05, 0.1) is 17.7 Å². The number of ether oxygens (including phenoxy) is 1. The third-order valence-corrected chi connectivity index (χ3v) is 3.96. The van der Waals surface area contributed by atoms with Crippen LogP contribution in [-0.2, 0) is 0 Å². The highest BCUT2D eigenvalue weighted by molar-refractivity contribution is 9.10. The lowest BCUT2D eigenvalue weighted by Gasteiger charge is -2.10. The summed E-state index contributed by atoms with van der Waals surface area (Å²) in [4.78, 5) is 12.3. The van der Waals surface area contributed by atoms with Crippen molar-refractivity contribution in [2.75, 3.05) is 7.11 Å². The Morgan fingerprint density at radius 3 is 2.60 bits per heavy atom. The molecule has 2 aromatic rings. The van der Waals surface area contributed by atoms with Gasteiger partial charge in [0.15, 0.2) is 5.82 Å². The second-order valence-electron chi connectivity index (χ2n) is 3.87. The van der Waals surface area contributed by atoms with E-state index in [2.05, 4.69) is 15.9 Å². The summed E-state index contributed by atoms with van der Waals surface area (Å²) < 4.78 is 33.1. The van der Waals surface area contributed by atoms with E-state index in [4.69, 9.17) is 16.3 Å². The van der Waals surface area contributed by atoms with Crippen molar-refractivity contribution in [3.05, 3.63) is 62.6 Å². The van der Waals surface area contributed by atoms with Crippen LogP contribution < -0.4 is 4.74 Å². The van der Waals surface area contributed by atoms with Crippen LogP contribution in [-0.4, -0.2) is 12.9 Å². The smallest absolute Gasteiger partial charge is 0.202 e. The fraction of sp³-hybridized carbons (Fsp3) is 0.0714. The second kappa shape index (κ2) is 5.89. The highest BCUT2D eigenvalue weighted by atomic mass is 79.9. The number of rotatable bonds is 3. The summed E-state index contributed by atoms with van der Waals surface area (Å²) in [6, 6.07) is 6.59. The first kappa shape index (κ1) is 14.9. The van der Waals surface area contributed by atoms with Gasteiger partial charge in [-0.1, -0.05) is 17.7 Å². The van der Waals surface area contributed by atoms with Gasteiger partial charge in [-0.2, -0.15) is 0 Å². The van der Waals surface area contributed by atoms with Gasteiger partial charge in [0.25, 0.3) is 0 Å². The molecular weight excluding hydrogens is 354 g/mol. The van der Waals surface area contributed by atoms with Crippen LogP contribution in [0, 0.1) is 11.6 Å². The SMILES string of the molecule is COc1cccc(F)c1C(=O)c1ccc(Br)c(Cl)c1F. The maximum absolute atomic E-state index is 14.0. The van der Waals surface area contributed by atoms with Crippen molar-refractivity contribution < 1.29 is 18.3 Å². The summed E-state index contributed by atoms with van der Waals surface area (Å²) in [6.07, 6.45) is 0. The van der Waals surface area contributed by atoms with Gasteiger partial charge in [-0.05, 0) is 40.2 Å². The van der Waals surface area contributed by atoms with E-state index in [0.717, 1.165) is 6.07 Å². The van der Waals surface area contributed by atoms with Gasteiger partial charge in [-0.25, -0.2) is 8.78 Å². The summed E-state index contributed by atoms with van der Waals surface area (Å²) in [5.74, 6) is -2.48. The molecule has 2 aromatic carbocycles. The Labute approximate surface area is 127 Å². The number of benzene rings is 2. The predicted octanol–water partition coefficient (Wildman–Crippen LogP) is 4.62. The molecule has 0 fully saturated rings. The molecule has 20 heavy (non-hydrogen) atoms. The van der Waals surface area contributed by atoms with E-state index in [1.165, 1.54) is 31.4 Å². The lowest BCUT2D eigenvalue weighted by molar-refractivity contribution is 0.102. The third kappa shape index (κ3) is 2.55. The predicted molar refractivity (Wildman–Crippen MR) is 75.5 cm³/mol. The highest BCUT2D eigenvalue weighted by Gasteiger charge is 2.23. The first-order valence-electron chi connectivity index (χ1n) is 5.48. The summed E-state index contributed by atoms with van der Waals surface area (Å²) in [7, 11) is 1.30. The van der Waals surface area contributed by atoms with Crippen molar-refractivity contribution in [3.8, 4) is 5.75 Å². The molecule has 0 bridgehead atoms. The van der Waals surface area contributed by atoms with Gasteiger partial charge < -0.3 is 4.74 Å². The van der Waals surface area contributed by atoms with E-state index in [-0.39, 0.29) is 21.9 Å². The van der Waals surface area contributed by atoms with Crippen molar-refractivity contribution in [3.63, 3.8) is 0 Å². The van der Waals surface area contributed by atoms with Crippen LogP contribution >= 0.6 is 27.5 Å². The molecule has 0 spiro atoms. The summed E-state index contributed by atoms with van der Waals surface area (Å²) in [5.41, 5.74) is -0.645. The first-order chi connectivity index (χ1) is 9.47. The van der Waals surface area contributed by atoms with Crippen molar-refractivity contribution >= 4 is 33.3 Å². The fourth-order valence-corrected chi connectivity index (χ4v) is 2.20. The molecule has 6 heteroatoms. The van der Waals surface area contributed by atoms with Crippen LogP contribution in [0.5, 0.6) is 5.75 Å². The number of hydrogen-bond donors (Lipinski definition) is 0. The lowest BCUT2D eigenvalue weighted by atomic mass is 10.0. The number of ketones is 1. The van der Waals surface area contributed by atoms with Gasteiger partial charge in [0, 0.05) is 4.47 Å². The molecule has 104 valence electrons. The largest absolute Gasteiger partial charge is 0.496 e. The molecule has 0 heterocycles. The Bertz CT molecular complexity index is 689. The number of carbonyl (C=O) groups excluding carboxylic acids is 1. The zero-order chi connectivity index (χ0) is 14.9. The fourth-order valence-electron chi connectivity index (χ4n) is 1.73. The van der Waals surface area contributed by atoms with Crippen LogP contribution in [0.25, 0.3) is 0 Å². The minimum atomic E-state index is -0.906. The zero-order valence-electron chi connectivity index (χ0n) is 10.2. The Kier molecular flexibility index (Phi) is 4.40. The molecule has 2 rings (SSSR count). The highest BCUT2D eigenvalue weighted by Crippen LogP contribution is 2.31. The second-order valence-corrected chi connectivity index (χ2v) is 5.10. The molecule has 0 unspecified atom stereocenters. The number of halogens is 4. The minimum Gasteiger partial charge on any atom is -0.496 e. The van der Waals surface area contributed by atoms with Crippen LogP contribution in [0.3, 0.4) is 0 Å². The van der Waals surface area contributed by atoms with Gasteiger partial charge in [-0.15, -0.1) is 0 Å². The van der Waals surface area contributed by atoms with Crippen molar-refractivity contribution in [2.24, 2.45) is 0 Å². The third-order valence-electron chi connectivity index (χ3n) is 2.70. The molecule has 0 aliphatic rings. The molecule has 0 aromatic heterocycles. The zero-order valence-corrected chi connectivity index (χ0v) is 12.6.